The van der Waals surface area contributed by atoms with Crippen LogP contribution in [0.25, 0.3) is 0 Å². The Labute approximate surface area is 156 Å². The first kappa shape index (κ1) is 20.1. The molecule has 26 heavy (non-hydrogen) atoms. The van der Waals surface area contributed by atoms with Crippen LogP contribution in [0.15, 0.2) is 48.5 Å². The van der Waals surface area contributed by atoms with E-state index in [4.69, 9.17) is 13.7 Å². The van der Waals surface area contributed by atoms with E-state index in [-0.39, 0.29) is 11.4 Å². The van der Waals surface area contributed by atoms with E-state index in [9.17, 15) is 8.42 Å². The second-order valence-electron chi connectivity index (χ2n) is 7.91. The molecule has 2 aromatic rings. The van der Waals surface area contributed by atoms with Gasteiger partial charge < -0.3 is 13.7 Å². The SMILES string of the molecule is CC(C)(C)Oc1ccc(Oc2ccc(OS(=O)(=O)C(C)(C)C)cc2)cc1. The van der Waals surface area contributed by atoms with Crippen molar-refractivity contribution in [1.82, 2.24) is 0 Å². The van der Waals surface area contributed by atoms with Crippen molar-refractivity contribution in [2.24, 2.45) is 0 Å². The number of hydrogen-bond donors (Lipinski definition) is 0. The molecule has 0 amide bonds. The largest absolute Gasteiger partial charge is 0.488 e. The summed E-state index contributed by atoms with van der Waals surface area (Å²) >= 11 is 0. The van der Waals surface area contributed by atoms with Gasteiger partial charge in [-0.05, 0) is 90.1 Å². The molecule has 0 saturated carbocycles. The van der Waals surface area contributed by atoms with E-state index in [2.05, 4.69) is 0 Å². The zero-order valence-electron chi connectivity index (χ0n) is 16.1. The van der Waals surface area contributed by atoms with Gasteiger partial charge in [0, 0.05) is 0 Å². The van der Waals surface area contributed by atoms with Gasteiger partial charge in [0.2, 0.25) is 0 Å². The van der Waals surface area contributed by atoms with Crippen LogP contribution >= 0.6 is 0 Å². The Balaban J connectivity index is 2.03. The summed E-state index contributed by atoms with van der Waals surface area (Å²) < 4.78 is 39.8. The molecule has 0 unspecified atom stereocenters. The van der Waals surface area contributed by atoms with Crippen LogP contribution in [0, 0.1) is 0 Å². The average molecular weight is 378 g/mol. The summed E-state index contributed by atoms with van der Waals surface area (Å²) in [5.41, 5.74) is -0.258. The highest BCUT2D eigenvalue weighted by molar-refractivity contribution is 7.88. The van der Waals surface area contributed by atoms with E-state index < -0.39 is 14.9 Å². The zero-order chi connectivity index (χ0) is 19.6. The minimum atomic E-state index is -3.70. The lowest BCUT2D eigenvalue weighted by Gasteiger charge is -2.21. The fourth-order valence-electron chi connectivity index (χ4n) is 1.88. The van der Waals surface area contributed by atoms with Gasteiger partial charge in [-0.3, -0.25) is 0 Å². The number of hydrogen-bond acceptors (Lipinski definition) is 5. The third kappa shape index (κ3) is 5.66. The van der Waals surface area contributed by atoms with E-state index >= 15 is 0 Å². The van der Waals surface area contributed by atoms with Gasteiger partial charge in [-0.1, -0.05) is 0 Å². The minimum absolute atomic E-state index is 0.251. The molecule has 0 aromatic heterocycles. The van der Waals surface area contributed by atoms with Gasteiger partial charge in [-0.25, -0.2) is 0 Å². The van der Waals surface area contributed by atoms with E-state index in [1.807, 2.05) is 45.0 Å². The van der Waals surface area contributed by atoms with E-state index in [1.165, 1.54) is 0 Å². The predicted octanol–water partition coefficient (Wildman–Crippen LogP) is 5.16. The van der Waals surface area contributed by atoms with Crippen LogP contribution in [0.5, 0.6) is 23.0 Å². The molecule has 0 aliphatic carbocycles. The standard InChI is InChI=1S/C20H26O5S/c1-19(2,3)24-17-11-7-15(8-12-17)23-16-9-13-18(14-10-16)25-26(21,22)20(4,5)6/h7-14H,1-6H3. The molecule has 2 aromatic carbocycles. The molecule has 0 aliphatic heterocycles. The average Bonchev–Trinajstić information content (AvgIpc) is 2.48. The van der Waals surface area contributed by atoms with Crippen molar-refractivity contribution in [2.45, 2.75) is 51.9 Å². The van der Waals surface area contributed by atoms with Gasteiger partial charge in [0.25, 0.3) is 0 Å². The molecule has 0 aliphatic rings. The van der Waals surface area contributed by atoms with Crippen LogP contribution in [0.4, 0.5) is 0 Å². The summed E-state index contributed by atoms with van der Waals surface area (Å²) in [5.74, 6) is 2.25. The molecular weight excluding hydrogens is 352 g/mol. The molecule has 6 heteroatoms. The fourth-order valence-corrected chi connectivity index (χ4v) is 2.49. The lowest BCUT2D eigenvalue weighted by atomic mass is 10.2. The van der Waals surface area contributed by atoms with Gasteiger partial charge in [-0.2, -0.15) is 8.42 Å². The predicted molar refractivity (Wildman–Crippen MR) is 103 cm³/mol. The van der Waals surface area contributed by atoms with Crippen LogP contribution in [-0.2, 0) is 10.1 Å². The van der Waals surface area contributed by atoms with Crippen molar-refractivity contribution in [3.63, 3.8) is 0 Å². The molecule has 0 N–H and O–H groups in total. The van der Waals surface area contributed by atoms with Crippen molar-refractivity contribution in [1.29, 1.82) is 0 Å². The Morgan fingerprint density at radius 1 is 0.654 bits per heavy atom. The molecule has 0 atom stereocenters. The lowest BCUT2D eigenvalue weighted by molar-refractivity contribution is 0.131. The maximum Gasteiger partial charge on any atom is 0.314 e. The van der Waals surface area contributed by atoms with Crippen molar-refractivity contribution < 1.29 is 22.1 Å². The first-order chi connectivity index (χ1) is 11.9. The summed E-state index contributed by atoms with van der Waals surface area (Å²) in [7, 11) is -3.70. The quantitative estimate of drug-likeness (QED) is 0.672. The smallest absolute Gasteiger partial charge is 0.314 e. The molecule has 0 spiro atoms. The highest BCUT2D eigenvalue weighted by Crippen LogP contribution is 2.28. The van der Waals surface area contributed by atoms with Gasteiger partial charge in [-0.15, -0.1) is 0 Å². The van der Waals surface area contributed by atoms with E-state index in [0.717, 1.165) is 5.75 Å². The Bertz CT molecular complexity index is 824. The molecule has 0 saturated heterocycles. The van der Waals surface area contributed by atoms with Crippen LogP contribution in [-0.4, -0.2) is 18.8 Å². The maximum absolute atomic E-state index is 12.1. The molecule has 2 rings (SSSR count). The molecule has 142 valence electrons. The first-order valence-electron chi connectivity index (χ1n) is 8.37. The molecular formula is C20H26O5S. The van der Waals surface area contributed by atoms with Gasteiger partial charge in [0.1, 0.15) is 28.6 Å². The highest BCUT2D eigenvalue weighted by Gasteiger charge is 2.31. The number of rotatable bonds is 5. The van der Waals surface area contributed by atoms with Crippen molar-refractivity contribution in [3.05, 3.63) is 48.5 Å². The number of benzene rings is 2. The lowest BCUT2D eigenvalue weighted by Crippen LogP contribution is -2.32. The minimum Gasteiger partial charge on any atom is -0.488 e. The maximum atomic E-state index is 12.1. The second-order valence-corrected chi connectivity index (χ2v) is 10.2. The Kier molecular flexibility index (Phi) is 5.56. The first-order valence-corrected chi connectivity index (χ1v) is 9.78. The Morgan fingerprint density at radius 2 is 1.04 bits per heavy atom. The third-order valence-corrected chi connectivity index (χ3v) is 5.18. The summed E-state index contributed by atoms with van der Waals surface area (Å²) in [6.45, 7) is 10.7. The zero-order valence-corrected chi connectivity index (χ0v) is 16.9. The highest BCUT2D eigenvalue weighted by atomic mass is 32.2. The van der Waals surface area contributed by atoms with Crippen LogP contribution < -0.4 is 13.7 Å². The van der Waals surface area contributed by atoms with Gasteiger partial charge >= 0.3 is 10.1 Å². The third-order valence-electron chi connectivity index (χ3n) is 3.26. The van der Waals surface area contributed by atoms with Crippen LogP contribution in [0.3, 0.4) is 0 Å². The summed E-state index contributed by atoms with van der Waals surface area (Å²) in [6, 6.07) is 13.8. The molecule has 0 heterocycles. The summed E-state index contributed by atoms with van der Waals surface area (Å²) in [6.07, 6.45) is 0. The van der Waals surface area contributed by atoms with E-state index in [1.54, 1.807) is 45.0 Å². The summed E-state index contributed by atoms with van der Waals surface area (Å²) in [5, 5.41) is 0. The van der Waals surface area contributed by atoms with Crippen molar-refractivity contribution in [2.75, 3.05) is 0 Å². The molecule has 0 fully saturated rings. The van der Waals surface area contributed by atoms with Gasteiger partial charge in [0.15, 0.2) is 0 Å². The van der Waals surface area contributed by atoms with E-state index in [0.29, 0.717) is 11.5 Å². The molecule has 0 bridgehead atoms. The number of ether oxygens (including phenoxy) is 2. The van der Waals surface area contributed by atoms with Crippen LogP contribution in [0.2, 0.25) is 0 Å². The van der Waals surface area contributed by atoms with Gasteiger partial charge in [0.05, 0.1) is 4.75 Å². The van der Waals surface area contributed by atoms with Crippen LogP contribution in [0.1, 0.15) is 41.5 Å². The molecule has 5 nitrogen and oxygen atoms in total. The molecule has 0 radical (unpaired) electrons. The Hall–Kier alpha value is -2.21. The summed E-state index contributed by atoms with van der Waals surface area (Å²) in [4.78, 5) is 0. The normalized spacial score (nSPS) is 12.5. The van der Waals surface area contributed by atoms with Crippen molar-refractivity contribution in [3.8, 4) is 23.0 Å². The Morgan fingerprint density at radius 3 is 1.42 bits per heavy atom. The van der Waals surface area contributed by atoms with Crippen molar-refractivity contribution >= 4 is 10.1 Å². The topological polar surface area (TPSA) is 61.8 Å². The fraction of sp³-hybridized carbons (Fsp3) is 0.400. The second kappa shape index (κ2) is 7.19. The monoisotopic (exact) mass is 378 g/mol.